The molecule has 3 aromatic rings. The van der Waals surface area contributed by atoms with Crippen LogP contribution in [-0.4, -0.2) is 28.2 Å². The maximum atomic E-state index is 14.0. The minimum absolute atomic E-state index is 0.278. The molecule has 0 spiro atoms. The van der Waals surface area contributed by atoms with Crippen LogP contribution in [0.2, 0.25) is 0 Å². The van der Waals surface area contributed by atoms with Crippen LogP contribution < -0.4 is 4.74 Å². The average molecular weight is 354 g/mol. The molecule has 2 aromatic carbocycles. The summed E-state index contributed by atoms with van der Waals surface area (Å²) >= 11 is 5.16. The maximum absolute atomic E-state index is 14.0. The molecule has 0 saturated carbocycles. The Hall–Kier alpha value is -3.06. The van der Waals surface area contributed by atoms with Crippen LogP contribution in [0.3, 0.4) is 0 Å². The van der Waals surface area contributed by atoms with E-state index in [2.05, 4.69) is 15.3 Å². The number of methoxy groups -OCH3 is 1. The van der Waals surface area contributed by atoms with Crippen molar-refractivity contribution in [3.63, 3.8) is 0 Å². The lowest BCUT2D eigenvalue weighted by atomic mass is 10.2. The lowest BCUT2D eigenvalue weighted by Gasteiger charge is -2.02. The van der Waals surface area contributed by atoms with Crippen LogP contribution in [0, 0.1) is 10.6 Å². The van der Waals surface area contributed by atoms with Gasteiger partial charge in [0.25, 0.3) is 0 Å². The first-order valence-electron chi connectivity index (χ1n) is 7.47. The van der Waals surface area contributed by atoms with Crippen molar-refractivity contribution < 1.29 is 9.13 Å². The van der Waals surface area contributed by atoms with E-state index in [-0.39, 0.29) is 4.77 Å². The molecule has 1 heterocycles. The van der Waals surface area contributed by atoms with Gasteiger partial charge in [-0.25, -0.2) is 9.49 Å². The summed E-state index contributed by atoms with van der Waals surface area (Å²) in [5.74, 6) is 0.682. The van der Waals surface area contributed by atoms with Gasteiger partial charge in [-0.05, 0) is 42.6 Å². The molecule has 0 fully saturated rings. The number of ether oxygens (including phenoxy) is 1. The Bertz CT molecular complexity index is 990. The van der Waals surface area contributed by atoms with Gasteiger partial charge in [-0.3, -0.25) is 0 Å². The van der Waals surface area contributed by atoms with E-state index in [4.69, 9.17) is 17.0 Å². The predicted molar refractivity (Wildman–Crippen MR) is 98.7 cm³/mol. The number of benzene rings is 2. The Morgan fingerprint density at radius 1 is 1.20 bits per heavy atom. The third-order valence-corrected chi connectivity index (χ3v) is 3.71. The van der Waals surface area contributed by atoms with Gasteiger partial charge < -0.3 is 4.74 Å². The zero-order valence-corrected chi connectivity index (χ0v) is 14.2. The molecule has 3 rings (SSSR count). The molecule has 0 aliphatic carbocycles. The number of para-hydroxylation sites is 1. The number of hydrogen-bond acceptors (Lipinski definition) is 4. The molecule has 0 atom stereocenters. The molecule has 7 heteroatoms. The molecule has 0 saturated heterocycles. The fourth-order valence-electron chi connectivity index (χ4n) is 2.27. The van der Waals surface area contributed by atoms with Crippen LogP contribution in [0.25, 0.3) is 17.5 Å². The summed E-state index contributed by atoms with van der Waals surface area (Å²) in [6.07, 6.45) is 5.16. The molecule has 1 N–H and O–H groups in total. The van der Waals surface area contributed by atoms with E-state index in [0.29, 0.717) is 11.4 Å². The molecule has 1 aromatic heterocycles. The Kier molecular flexibility index (Phi) is 5.15. The van der Waals surface area contributed by atoms with Crippen LogP contribution in [0.4, 0.5) is 4.39 Å². The van der Waals surface area contributed by atoms with Crippen molar-refractivity contribution in [1.82, 2.24) is 14.9 Å². The summed E-state index contributed by atoms with van der Waals surface area (Å²) in [5.41, 5.74) is 1.24. The Balaban J connectivity index is 1.88. The van der Waals surface area contributed by atoms with Crippen LogP contribution in [-0.2, 0) is 0 Å². The van der Waals surface area contributed by atoms with E-state index in [1.54, 1.807) is 37.6 Å². The van der Waals surface area contributed by atoms with Crippen LogP contribution in [0.5, 0.6) is 5.75 Å². The van der Waals surface area contributed by atoms with Gasteiger partial charge in [-0.1, -0.05) is 30.3 Å². The van der Waals surface area contributed by atoms with Crippen LogP contribution >= 0.6 is 12.2 Å². The first-order chi connectivity index (χ1) is 12.2. The highest BCUT2D eigenvalue weighted by molar-refractivity contribution is 7.71. The molecule has 0 aliphatic heterocycles. The third kappa shape index (κ3) is 3.72. The summed E-state index contributed by atoms with van der Waals surface area (Å²) in [6, 6.07) is 13.9. The number of allylic oxidation sites excluding steroid dienone is 1. The molecule has 5 nitrogen and oxygen atoms in total. The summed E-state index contributed by atoms with van der Waals surface area (Å²) in [6.45, 7) is 0. The quantitative estimate of drug-likeness (QED) is 0.549. The van der Waals surface area contributed by atoms with Crippen molar-refractivity contribution in [3.05, 3.63) is 70.8 Å². The van der Waals surface area contributed by atoms with E-state index in [1.165, 1.54) is 10.7 Å². The highest BCUT2D eigenvalue weighted by atomic mass is 32.1. The van der Waals surface area contributed by atoms with Gasteiger partial charge in [-0.15, -0.1) is 0 Å². The topological polar surface area (TPSA) is 55.2 Å². The Morgan fingerprint density at radius 2 is 1.96 bits per heavy atom. The van der Waals surface area contributed by atoms with Crippen molar-refractivity contribution in [3.8, 4) is 17.1 Å². The molecular weight excluding hydrogens is 339 g/mol. The number of halogens is 1. The van der Waals surface area contributed by atoms with E-state index < -0.39 is 5.82 Å². The molecule has 0 bridgehead atoms. The number of rotatable bonds is 5. The third-order valence-electron chi connectivity index (χ3n) is 3.45. The van der Waals surface area contributed by atoms with Gasteiger partial charge in [0.1, 0.15) is 11.6 Å². The van der Waals surface area contributed by atoms with Gasteiger partial charge in [0, 0.05) is 11.8 Å². The summed E-state index contributed by atoms with van der Waals surface area (Å²) in [4.78, 5) is 0. The molecule has 0 unspecified atom stereocenters. The van der Waals surface area contributed by atoms with Gasteiger partial charge >= 0.3 is 0 Å². The highest BCUT2D eigenvalue weighted by Gasteiger charge is 2.11. The lowest BCUT2D eigenvalue weighted by Crippen LogP contribution is -1.95. The fourth-order valence-corrected chi connectivity index (χ4v) is 2.45. The van der Waals surface area contributed by atoms with Gasteiger partial charge in [0.2, 0.25) is 4.77 Å². The zero-order valence-electron chi connectivity index (χ0n) is 13.4. The molecule has 126 valence electrons. The zero-order chi connectivity index (χ0) is 17.6. The number of aromatic nitrogens is 3. The van der Waals surface area contributed by atoms with Gasteiger partial charge in [0.15, 0.2) is 5.82 Å². The van der Waals surface area contributed by atoms with Crippen molar-refractivity contribution in [2.24, 2.45) is 5.10 Å². The predicted octanol–water partition coefficient (Wildman–Crippen LogP) is 4.30. The SMILES string of the molecule is COc1ccccc1/C=C/C=N/n1c(-c2ccccc2F)n[nH]c1=S. The van der Waals surface area contributed by atoms with Crippen molar-refractivity contribution in [2.75, 3.05) is 7.11 Å². The monoisotopic (exact) mass is 354 g/mol. The normalized spacial score (nSPS) is 11.4. The summed E-state index contributed by atoms with van der Waals surface area (Å²) < 4.78 is 20.9. The minimum Gasteiger partial charge on any atom is -0.496 e. The van der Waals surface area contributed by atoms with Gasteiger partial charge in [-0.2, -0.15) is 14.9 Å². The van der Waals surface area contributed by atoms with Gasteiger partial charge in [0.05, 0.1) is 12.7 Å². The standard InChI is InChI=1S/C18H15FN4OS/c1-24-16-11-5-2-7-13(16)8-6-12-20-23-17(21-22-18(23)25)14-9-3-4-10-15(14)19/h2-12H,1H3,(H,22,25)/b8-6+,20-12+. The highest BCUT2D eigenvalue weighted by Crippen LogP contribution is 2.21. The maximum Gasteiger partial charge on any atom is 0.216 e. The summed E-state index contributed by atoms with van der Waals surface area (Å²) in [5, 5.41) is 10.9. The van der Waals surface area contributed by atoms with Crippen molar-refractivity contribution >= 4 is 24.5 Å². The van der Waals surface area contributed by atoms with Crippen LogP contribution in [0.1, 0.15) is 5.56 Å². The number of H-pyrrole nitrogens is 1. The second kappa shape index (κ2) is 7.67. The van der Waals surface area contributed by atoms with Crippen molar-refractivity contribution in [1.29, 1.82) is 0 Å². The van der Waals surface area contributed by atoms with Crippen molar-refractivity contribution in [2.45, 2.75) is 0 Å². The van der Waals surface area contributed by atoms with E-state index >= 15 is 0 Å². The molecule has 0 aliphatic rings. The van der Waals surface area contributed by atoms with E-state index in [0.717, 1.165) is 11.3 Å². The molecule has 0 amide bonds. The minimum atomic E-state index is -0.391. The molecular formula is C18H15FN4OS. The number of hydrogen-bond donors (Lipinski definition) is 1. The average Bonchev–Trinajstić information content (AvgIpc) is 3.00. The van der Waals surface area contributed by atoms with E-state index in [9.17, 15) is 4.39 Å². The largest absolute Gasteiger partial charge is 0.496 e. The van der Waals surface area contributed by atoms with E-state index in [1.807, 2.05) is 30.3 Å². The second-order valence-electron chi connectivity index (χ2n) is 5.01. The Morgan fingerprint density at radius 3 is 2.76 bits per heavy atom. The summed E-state index contributed by atoms with van der Waals surface area (Å²) in [7, 11) is 1.62. The molecule has 25 heavy (non-hydrogen) atoms. The smallest absolute Gasteiger partial charge is 0.216 e. The fraction of sp³-hybridized carbons (Fsp3) is 0.0556. The number of nitrogens with zero attached hydrogens (tertiary/aromatic N) is 3. The number of aromatic amines is 1. The van der Waals surface area contributed by atoms with Crippen LogP contribution in [0.15, 0.2) is 59.7 Å². The first-order valence-corrected chi connectivity index (χ1v) is 7.88. The molecule has 0 radical (unpaired) electrons. The second-order valence-corrected chi connectivity index (χ2v) is 5.40. The lowest BCUT2D eigenvalue weighted by molar-refractivity contribution is 0.414. The number of nitrogens with one attached hydrogen (secondary N) is 1. The Labute approximate surface area is 149 Å². The first kappa shape index (κ1) is 16.8.